The highest BCUT2D eigenvalue weighted by molar-refractivity contribution is 7.98. The van der Waals surface area contributed by atoms with Gasteiger partial charge in [0, 0.05) is 6.42 Å². The van der Waals surface area contributed by atoms with E-state index in [0.717, 1.165) is 22.8 Å². The minimum Gasteiger partial charge on any atom is -0.341 e. The highest BCUT2D eigenvalue weighted by Gasteiger charge is 2.09. The molecule has 0 bridgehead atoms. The van der Waals surface area contributed by atoms with Crippen LogP contribution < -0.4 is 0 Å². The molecule has 1 N–H and O–H groups in total. The molecule has 0 aliphatic rings. The maximum Gasteiger partial charge on any atom is 0.237 e. The Balaban J connectivity index is 1.78. The van der Waals surface area contributed by atoms with Gasteiger partial charge in [0.2, 0.25) is 5.89 Å². The van der Waals surface area contributed by atoms with E-state index in [2.05, 4.69) is 30.1 Å². The number of fused-ring (bicyclic) bond motifs is 1. The number of rotatable bonds is 4. The summed E-state index contributed by atoms with van der Waals surface area (Å²) in [5, 5.41) is 4.67. The van der Waals surface area contributed by atoms with Crippen LogP contribution >= 0.6 is 11.8 Å². The number of hydrogen-bond donors (Lipinski definition) is 1. The van der Waals surface area contributed by atoms with E-state index in [1.807, 2.05) is 6.92 Å². The van der Waals surface area contributed by atoms with Crippen molar-refractivity contribution in [2.24, 2.45) is 0 Å². The fourth-order valence-electron chi connectivity index (χ4n) is 1.47. The standard InChI is InChI=1S/C10H10N6OS/c1-2-6-15-7(17-16-6)3-18-10-8-9(12-4-11-8)13-5-14-10/h4-5H,2-3H2,1H3,(H,11,12,13,14). The molecule has 0 aliphatic carbocycles. The smallest absolute Gasteiger partial charge is 0.237 e. The van der Waals surface area contributed by atoms with E-state index < -0.39 is 0 Å². The third kappa shape index (κ3) is 2.06. The summed E-state index contributed by atoms with van der Waals surface area (Å²) in [6.07, 6.45) is 3.87. The van der Waals surface area contributed by atoms with E-state index in [0.29, 0.717) is 17.3 Å². The van der Waals surface area contributed by atoms with Gasteiger partial charge in [0.05, 0.1) is 12.1 Å². The molecular weight excluding hydrogens is 252 g/mol. The van der Waals surface area contributed by atoms with Crippen LogP contribution in [0.5, 0.6) is 0 Å². The number of thioether (sulfide) groups is 1. The molecule has 7 nitrogen and oxygen atoms in total. The zero-order valence-electron chi connectivity index (χ0n) is 9.62. The minimum absolute atomic E-state index is 0.581. The second kappa shape index (κ2) is 4.73. The second-order valence-electron chi connectivity index (χ2n) is 3.53. The zero-order valence-corrected chi connectivity index (χ0v) is 10.4. The lowest BCUT2D eigenvalue weighted by atomic mass is 10.5. The molecule has 0 aromatic carbocycles. The van der Waals surface area contributed by atoms with Crippen molar-refractivity contribution < 1.29 is 4.52 Å². The molecule has 3 rings (SSSR count). The van der Waals surface area contributed by atoms with Crippen molar-refractivity contribution in [1.29, 1.82) is 0 Å². The van der Waals surface area contributed by atoms with Crippen LogP contribution in [0.1, 0.15) is 18.6 Å². The first-order valence-electron chi connectivity index (χ1n) is 5.45. The maximum absolute atomic E-state index is 5.12. The lowest BCUT2D eigenvalue weighted by Crippen LogP contribution is -1.88. The Morgan fingerprint density at radius 2 is 2.28 bits per heavy atom. The molecule has 3 aromatic rings. The van der Waals surface area contributed by atoms with E-state index in [1.54, 1.807) is 6.33 Å². The van der Waals surface area contributed by atoms with Gasteiger partial charge in [-0.25, -0.2) is 15.0 Å². The van der Waals surface area contributed by atoms with Crippen molar-refractivity contribution in [2.75, 3.05) is 0 Å². The van der Waals surface area contributed by atoms with Crippen molar-refractivity contribution >= 4 is 22.9 Å². The van der Waals surface area contributed by atoms with E-state index >= 15 is 0 Å². The third-order valence-corrected chi connectivity index (χ3v) is 3.32. The molecule has 92 valence electrons. The van der Waals surface area contributed by atoms with Gasteiger partial charge < -0.3 is 9.51 Å². The highest BCUT2D eigenvalue weighted by atomic mass is 32.2. The Labute approximate surface area is 106 Å². The molecule has 0 atom stereocenters. The van der Waals surface area contributed by atoms with Gasteiger partial charge in [-0.15, -0.1) is 0 Å². The number of nitrogens with one attached hydrogen (secondary N) is 1. The Morgan fingerprint density at radius 3 is 3.11 bits per heavy atom. The van der Waals surface area contributed by atoms with E-state index in [-0.39, 0.29) is 0 Å². The quantitative estimate of drug-likeness (QED) is 0.563. The fraction of sp³-hybridized carbons (Fsp3) is 0.300. The molecule has 0 fully saturated rings. The number of hydrogen-bond acceptors (Lipinski definition) is 7. The van der Waals surface area contributed by atoms with Crippen molar-refractivity contribution in [1.82, 2.24) is 30.1 Å². The van der Waals surface area contributed by atoms with Crippen molar-refractivity contribution in [3.63, 3.8) is 0 Å². The summed E-state index contributed by atoms with van der Waals surface area (Å²) in [6, 6.07) is 0. The van der Waals surface area contributed by atoms with Gasteiger partial charge in [0.25, 0.3) is 0 Å². The molecule has 0 saturated carbocycles. The van der Waals surface area contributed by atoms with Gasteiger partial charge in [-0.2, -0.15) is 4.98 Å². The van der Waals surface area contributed by atoms with E-state index in [9.17, 15) is 0 Å². The lowest BCUT2D eigenvalue weighted by molar-refractivity contribution is 0.385. The topological polar surface area (TPSA) is 93.4 Å². The Morgan fingerprint density at radius 1 is 1.33 bits per heavy atom. The van der Waals surface area contributed by atoms with Crippen LogP contribution in [0.25, 0.3) is 11.2 Å². The summed E-state index contributed by atoms with van der Waals surface area (Å²) in [7, 11) is 0. The molecule has 8 heteroatoms. The van der Waals surface area contributed by atoms with Crippen molar-refractivity contribution in [2.45, 2.75) is 24.1 Å². The molecule has 3 aromatic heterocycles. The largest absolute Gasteiger partial charge is 0.341 e. The predicted molar refractivity (Wildman–Crippen MR) is 64.9 cm³/mol. The molecule has 0 saturated heterocycles. The molecule has 18 heavy (non-hydrogen) atoms. The van der Waals surface area contributed by atoms with Crippen LogP contribution in [0, 0.1) is 0 Å². The van der Waals surface area contributed by atoms with Gasteiger partial charge in [-0.1, -0.05) is 23.8 Å². The normalized spacial score (nSPS) is 11.2. The SMILES string of the molecule is CCc1noc(CSc2ncnc3nc[nH]c23)n1. The maximum atomic E-state index is 5.12. The number of nitrogens with zero attached hydrogens (tertiary/aromatic N) is 5. The molecule has 0 aliphatic heterocycles. The summed E-state index contributed by atoms with van der Waals surface area (Å²) < 4.78 is 5.12. The fourth-order valence-corrected chi connectivity index (χ4v) is 2.27. The van der Waals surface area contributed by atoms with Crippen LogP contribution in [-0.2, 0) is 12.2 Å². The summed E-state index contributed by atoms with van der Waals surface area (Å²) in [4.78, 5) is 19.6. The van der Waals surface area contributed by atoms with Crippen LogP contribution in [-0.4, -0.2) is 30.1 Å². The van der Waals surface area contributed by atoms with Crippen LogP contribution in [0.2, 0.25) is 0 Å². The summed E-state index contributed by atoms with van der Waals surface area (Å²) in [5.41, 5.74) is 1.49. The second-order valence-corrected chi connectivity index (χ2v) is 4.49. The van der Waals surface area contributed by atoms with Crippen molar-refractivity contribution in [3.05, 3.63) is 24.4 Å². The van der Waals surface area contributed by atoms with E-state index in [4.69, 9.17) is 4.52 Å². The average molecular weight is 262 g/mol. The van der Waals surface area contributed by atoms with Crippen molar-refractivity contribution in [3.8, 4) is 0 Å². The first-order chi connectivity index (χ1) is 8.86. The number of aryl methyl sites for hydroxylation is 1. The van der Waals surface area contributed by atoms with Crippen LogP contribution in [0.4, 0.5) is 0 Å². The lowest BCUT2D eigenvalue weighted by Gasteiger charge is -1.97. The first kappa shape index (κ1) is 11.1. The monoisotopic (exact) mass is 262 g/mol. The zero-order chi connectivity index (χ0) is 12.4. The third-order valence-electron chi connectivity index (χ3n) is 2.35. The molecule has 3 heterocycles. The van der Waals surface area contributed by atoms with Crippen LogP contribution in [0.15, 0.2) is 22.2 Å². The van der Waals surface area contributed by atoms with Gasteiger partial charge in [-0.05, 0) is 0 Å². The van der Waals surface area contributed by atoms with Crippen LogP contribution in [0.3, 0.4) is 0 Å². The molecular formula is C10H10N6OS. The van der Waals surface area contributed by atoms with Gasteiger partial charge in [0.15, 0.2) is 11.5 Å². The van der Waals surface area contributed by atoms with Gasteiger partial charge in [-0.3, -0.25) is 0 Å². The molecule has 0 radical (unpaired) electrons. The number of aromatic amines is 1. The summed E-state index contributed by atoms with van der Waals surface area (Å²) in [6.45, 7) is 1.99. The highest BCUT2D eigenvalue weighted by Crippen LogP contribution is 2.24. The van der Waals surface area contributed by atoms with Gasteiger partial charge in [0.1, 0.15) is 16.9 Å². The minimum atomic E-state index is 0.581. The molecule has 0 unspecified atom stereocenters. The first-order valence-corrected chi connectivity index (χ1v) is 6.43. The number of H-pyrrole nitrogens is 1. The summed E-state index contributed by atoms with van der Waals surface area (Å²) >= 11 is 1.51. The molecule has 0 amide bonds. The molecule has 0 spiro atoms. The summed E-state index contributed by atoms with van der Waals surface area (Å²) in [5.74, 6) is 1.90. The number of aromatic nitrogens is 6. The Bertz CT molecular complexity index is 663. The van der Waals surface area contributed by atoms with Gasteiger partial charge >= 0.3 is 0 Å². The average Bonchev–Trinajstić information content (AvgIpc) is 3.05. The predicted octanol–water partition coefficient (Wildman–Crippen LogP) is 1.59. The van der Waals surface area contributed by atoms with E-state index in [1.165, 1.54) is 18.1 Å². The Hall–Kier alpha value is -1.96. The Kier molecular flexibility index (Phi) is 2.93. The number of imidazole rings is 1.